The van der Waals surface area contributed by atoms with Crippen LogP contribution < -0.4 is 5.32 Å². The van der Waals surface area contributed by atoms with Gasteiger partial charge in [0.15, 0.2) is 0 Å². The summed E-state index contributed by atoms with van der Waals surface area (Å²) in [5, 5.41) is 13.1. The molecule has 0 aliphatic heterocycles. The minimum atomic E-state index is -0.408. The molecule has 3 heteroatoms. The summed E-state index contributed by atoms with van der Waals surface area (Å²) in [5.41, 5.74) is 1.96. The van der Waals surface area contributed by atoms with Gasteiger partial charge in [-0.05, 0) is 51.3 Å². The van der Waals surface area contributed by atoms with Crippen molar-refractivity contribution in [3.63, 3.8) is 0 Å². The van der Waals surface area contributed by atoms with Gasteiger partial charge in [0.2, 0.25) is 0 Å². The molecule has 1 heterocycles. The molecule has 0 aliphatic rings. The lowest BCUT2D eigenvalue weighted by atomic mass is 10.1. The summed E-state index contributed by atoms with van der Waals surface area (Å²) in [6.07, 6.45) is 2.05. The molecule has 3 nitrogen and oxygen atoms in total. The molecule has 0 spiro atoms. The molecule has 0 aliphatic carbocycles. The molecule has 0 aromatic carbocycles. The lowest BCUT2D eigenvalue weighted by Crippen LogP contribution is -2.27. The number of nitrogens with zero attached hydrogens (tertiary/aromatic N) is 1. The molecule has 16 heavy (non-hydrogen) atoms. The van der Waals surface area contributed by atoms with E-state index < -0.39 is 6.10 Å². The second-order valence-corrected chi connectivity index (χ2v) is 5.23. The van der Waals surface area contributed by atoms with E-state index in [1.54, 1.807) is 6.20 Å². The van der Waals surface area contributed by atoms with Gasteiger partial charge < -0.3 is 10.4 Å². The van der Waals surface area contributed by atoms with Crippen LogP contribution in [0.25, 0.3) is 0 Å². The summed E-state index contributed by atoms with van der Waals surface area (Å²) in [7, 11) is 0. The molecule has 1 aromatic rings. The van der Waals surface area contributed by atoms with E-state index in [2.05, 4.69) is 31.1 Å². The molecule has 90 valence electrons. The number of hydrogen-bond acceptors (Lipinski definition) is 3. The van der Waals surface area contributed by atoms with Crippen LogP contribution in [0.3, 0.4) is 0 Å². The fourth-order valence-corrected chi connectivity index (χ4v) is 1.50. The topological polar surface area (TPSA) is 45.2 Å². The number of rotatable bonds is 3. The third-order valence-corrected chi connectivity index (χ3v) is 2.36. The Morgan fingerprint density at radius 3 is 2.50 bits per heavy atom. The summed E-state index contributed by atoms with van der Waals surface area (Å²) in [4.78, 5) is 4.36. The molecule has 0 unspecified atom stereocenters. The normalized spacial score (nSPS) is 13.6. The van der Waals surface area contributed by atoms with E-state index in [1.165, 1.54) is 0 Å². The van der Waals surface area contributed by atoms with Crippen molar-refractivity contribution in [2.24, 2.45) is 0 Å². The Balaban J connectivity index is 2.92. The zero-order valence-electron chi connectivity index (χ0n) is 10.8. The molecular formula is C13H22N2O. The highest BCUT2D eigenvalue weighted by Gasteiger charge is 2.13. The van der Waals surface area contributed by atoms with E-state index in [0.29, 0.717) is 6.42 Å². The Kier molecular flexibility index (Phi) is 3.92. The molecule has 0 bridgehead atoms. The van der Waals surface area contributed by atoms with Crippen LogP contribution in [0, 0.1) is 6.92 Å². The number of nitrogens with one attached hydrogen (secondary N) is 1. The first kappa shape index (κ1) is 13.0. The molecule has 0 radical (unpaired) electrons. The zero-order valence-corrected chi connectivity index (χ0v) is 10.8. The van der Waals surface area contributed by atoms with Crippen molar-refractivity contribution >= 4 is 5.82 Å². The monoisotopic (exact) mass is 222 g/mol. The van der Waals surface area contributed by atoms with Crippen molar-refractivity contribution in [1.82, 2.24) is 4.98 Å². The molecule has 1 rings (SSSR count). The van der Waals surface area contributed by atoms with Crippen LogP contribution in [0.4, 0.5) is 5.82 Å². The molecule has 0 saturated heterocycles. The Bertz CT molecular complexity index is 355. The minimum Gasteiger partial charge on any atom is -0.388 e. The minimum absolute atomic E-state index is 0.00263. The average molecular weight is 222 g/mol. The van der Waals surface area contributed by atoms with Gasteiger partial charge in [-0.3, -0.25) is 0 Å². The molecule has 0 saturated carbocycles. The van der Waals surface area contributed by atoms with Crippen LogP contribution in [0.1, 0.15) is 51.3 Å². The number of hydrogen-bond donors (Lipinski definition) is 2. The van der Waals surface area contributed by atoms with Crippen LogP contribution in [0.5, 0.6) is 0 Å². The van der Waals surface area contributed by atoms with Crippen molar-refractivity contribution in [3.8, 4) is 0 Å². The van der Waals surface area contributed by atoms with Gasteiger partial charge in [0.05, 0.1) is 6.10 Å². The maximum absolute atomic E-state index is 9.72. The SMILES string of the molecule is CC[C@H](O)c1cnc(NC(C)(C)C)c(C)c1. The van der Waals surface area contributed by atoms with Gasteiger partial charge in [-0.1, -0.05) is 6.92 Å². The van der Waals surface area contributed by atoms with Crippen molar-refractivity contribution in [2.75, 3.05) is 5.32 Å². The highest BCUT2D eigenvalue weighted by molar-refractivity contribution is 5.46. The molecule has 2 N–H and O–H groups in total. The van der Waals surface area contributed by atoms with E-state index in [-0.39, 0.29) is 5.54 Å². The lowest BCUT2D eigenvalue weighted by Gasteiger charge is -2.23. The van der Waals surface area contributed by atoms with E-state index in [4.69, 9.17) is 0 Å². The number of aromatic nitrogens is 1. The van der Waals surface area contributed by atoms with Crippen molar-refractivity contribution in [1.29, 1.82) is 0 Å². The van der Waals surface area contributed by atoms with Crippen molar-refractivity contribution in [2.45, 2.75) is 52.7 Å². The maximum Gasteiger partial charge on any atom is 0.129 e. The Labute approximate surface area is 97.9 Å². The zero-order chi connectivity index (χ0) is 12.3. The average Bonchev–Trinajstić information content (AvgIpc) is 2.18. The van der Waals surface area contributed by atoms with Crippen molar-refractivity contribution < 1.29 is 5.11 Å². The van der Waals surface area contributed by atoms with Crippen LogP contribution in [-0.4, -0.2) is 15.6 Å². The van der Waals surface area contributed by atoms with Gasteiger partial charge in [-0.25, -0.2) is 4.98 Å². The molecule has 1 aromatic heterocycles. The van der Waals surface area contributed by atoms with Crippen LogP contribution >= 0.6 is 0 Å². The predicted molar refractivity (Wildman–Crippen MR) is 67.6 cm³/mol. The van der Waals surface area contributed by atoms with E-state index >= 15 is 0 Å². The largest absolute Gasteiger partial charge is 0.388 e. The van der Waals surface area contributed by atoms with Crippen LogP contribution in [0.15, 0.2) is 12.3 Å². The van der Waals surface area contributed by atoms with Gasteiger partial charge in [0, 0.05) is 11.7 Å². The van der Waals surface area contributed by atoms with Gasteiger partial charge in [-0.2, -0.15) is 0 Å². The fraction of sp³-hybridized carbons (Fsp3) is 0.615. The Morgan fingerprint density at radius 2 is 2.06 bits per heavy atom. The first-order valence-corrected chi connectivity index (χ1v) is 5.76. The van der Waals surface area contributed by atoms with Gasteiger partial charge >= 0.3 is 0 Å². The third-order valence-electron chi connectivity index (χ3n) is 2.36. The smallest absolute Gasteiger partial charge is 0.129 e. The summed E-state index contributed by atoms with van der Waals surface area (Å²) < 4.78 is 0. The van der Waals surface area contributed by atoms with E-state index in [1.807, 2.05) is 19.9 Å². The third kappa shape index (κ3) is 3.49. The van der Waals surface area contributed by atoms with Crippen LogP contribution in [0.2, 0.25) is 0 Å². The lowest BCUT2D eigenvalue weighted by molar-refractivity contribution is 0.173. The highest BCUT2D eigenvalue weighted by atomic mass is 16.3. The number of anilines is 1. The number of pyridine rings is 1. The quantitative estimate of drug-likeness (QED) is 0.826. The first-order chi connectivity index (χ1) is 7.33. The van der Waals surface area contributed by atoms with E-state index in [0.717, 1.165) is 16.9 Å². The second-order valence-electron chi connectivity index (χ2n) is 5.23. The number of aliphatic hydroxyl groups is 1. The molecule has 0 fully saturated rings. The van der Waals surface area contributed by atoms with E-state index in [9.17, 15) is 5.11 Å². The predicted octanol–water partition coefficient (Wildman–Crippen LogP) is 3.04. The molecule has 0 amide bonds. The number of aryl methyl sites for hydroxylation is 1. The first-order valence-electron chi connectivity index (χ1n) is 5.76. The van der Waals surface area contributed by atoms with Gasteiger partial charge in [0.1, 0.15) is 5.82 Å². The molecular weight excluding hydrogens is 200 g/mol. The standard InChI is InChI=1S/C13H22N2O/c1-6-11(16)10-7-9(2)12(14-8-10)15-13(3,4)5/h7-8,11,16H,6H2,1-5H3,(H,14,15)/t11-/m0/s1. The number of aliphatic hydroxyl groups excluding tert-OH is 1. The fourth-order valence-electron chi connectivity index (χ4n) is 1.50. The Morgan fingerprint density at radius 1 is 1.44 bits per heavy atom. The highest BCUT2D eigenvalue weighted by Crippen LogP contribution is 2.22. The van der Waals surface area contributed by atoms with Gasteiger partial charge in [-0.15, -0.1) is 0 Å². The summed E-state index contributed by atoms with van der Waals surface area (Å²) in [6, 6.07) is 2.00. The summed E-state index contributed by atoms with van der Waals surface area (Å²) in [5.74, 6) is 0.888. The van der Waals surface area contributed by atoms with Gasteiger partial charge in [0.25, 0.3) is 0 Å². The maximum atomic E-state index is 9.72. The molecule has 1 atom stereocenters. The van der Waals surface area contributed by atoms with Crippen LogP contribution in [-0.2, 0) is 0 Å². The summed E-state index contributed by atoms with van der Waals surface area (Å²) in [6.45, 7) is 10.3. The Hall–Kier alpha value is -1.09. The second kappa shape index (κ2) is 4.83. The van der Waals surface area contributed by atoms with Crippen molar-refractivity contribution in [3.05, 3.63) is 23.4 Å². The summed E-state index contributed by atoms with van der Waals surface area (Å²) >= 11 is 0.